The summed E-state index contributed by atoms with van der Waals surface area (Å²) in [5, 5.41) is 14.6. The van der Waals surface area contributed by atoms with Gasteiger partial charge in [0.15, 0.2) is 5.78 Å². The van der Waals surface area contributed by atoms with Gasteiger partial charge in [-0.25, -0.2) is 18.1 Å². The number of anilines is 1. The Morgan fingerprint density at radius 3 is 2.46 bits per heavy atom. The predicted molar refractivity (Wildman–Crippen MR) is 169 cm³/mol. The third-order valence-electron chi connectivity index (χ3n) is 9.31. The number of alkyl halides is 2. The van der Waals surface area contributed by atoms with Crippen molar-refractivity contribution in [2.45, 2.75) is 69.2 Å². The number of ether oxygens (including phenoxy) is 1. The zero-order chi connectivity index (χ0) is 32.6. The number of Topliss-reactive ketones (excluding diaryl/α,β-unsaturated/α-hetero) is 1. The van der Waals surface area contributed by atoms with Crippen LogP contribution in [0.1, 0.15) is 60.9 Å². The number of rotatable bonds is 10. The SMILES string of the molecule is O=C(Nc1cc(F)c(CC(=O)C(O[C@H]2CC[C@H](C(=O)O)CC2)(N2CCCC2)N2CCC(F)(F)C2)cc1Cl)c1csc2ccccc12. The van der Waals surface area contributed by atoms with Crippen LogP contribution in [0.15, 0.2) is 41.8 Å². The molecule has 1 unspecified atom stereocenters. The summed E-state index contributed by atoms with van der Waals surface area (Å²) >= 11 is 7.93. The van der Waals surface area contributed by atoms with Crippen LogP contribution in [0.4, 0.5) is 18.9 Å². The highest BCUT2D eigenvalue weighted by Gasteiger charge is 2.57. The Kier molecular flexibility index (Phi) is 9.46. The fourth-order valence-corrected chi connectivity index (χ4v) is 8.07. The van der Waals surface area contributed by atoms with Gasteiger partial charge in [0.1, 0.15) is 5.82 Å². The Labute approximate surface area is 273 Å². The first-order valence-electron chi connectivity index (χ1n) is 15.5. The molecule has 3 heterocycles. The number of carboxylic acids is 1. The number of benzene rings is 2. The number of likely N-dealkylation sites (tertiary alicyclic amines) is 2. The molecular formula is C33H35ClF3N3O5S. The van der Waals surface area contributed by atoms with Crippen LogP contribution in [0.2, 0.25) is 5.02 Å². The number of aliphatic carboxylic acids is 1. The topological polar surface area (TPSA) is 99.2 Å². The van der Waals surface area contributed by atoms with Crippen molar-refractivity contribution in [3.8, 4) is 0 Å². The third kappa shape index (κ3) is 6.55. The predicted octanol–water partition coefficient (Wildman–Crippen LogP) is 6.81. The number of hydrogen-bond donors (Lipinski definition) is 2. The molecule has 46 heavy (non-hydrogen) atoms. The number of nitrogens with zero attached hydrogens (tertiary/aromatic N) is 2. The minimum atomic E-state index is -3.03. The maximum atomic E-state index is 15.7. The molecule has 8 nitrogen and oxygen atoms in total. The van der Waals surface area contributed by atoms with Crippen molar-refractivity contribution in [2.75, 3.05) is 31.5 Å². The lowest BCUT2D eigenvalue weighted by Crippen LogP contribution is -2.67. The Hall–Kier alpha value is -3.03. The van der Waals surface area contributed by atoms with E-state index < -0.39 is 66.7 Å². The number of carbonyl (C=O) groups excluding carboxylic acids is 2. The third-order valence-corrected chi connectivity index (χ3v) is 10.6. The summed E-state index contributed by atoms with van der Waals surface area (Å²) in [5.41, 5.74) is 0.400. The minimum Gasteiger partial charge on any atom is -0.481 e. The number of amides is 1. The van der Waals surface area contributed by atoms with Crippen molar-refractivity contribution in [3.63, 3.8) is 0 Å². The van der Waals surface area contributed by atoms with Crippen molar-refractivity contribution < 1.29 is 37.4 Å². The van der Waals surface area contributed by atoms with Gasteiger partial charge in [-0.3, -0.25) is 19.3 Å². The molecule has 6 rings (SSSR count). The molecule has 0 spiro atoms. The second-order valence-electron chi connectivity index (χ2n) is 12.4. The first-order valence-corrected chi connectivity index (χ1v) is 16.8. The van der Waals surface area contributed by atoms with Crippen molar-refractivity contribution >= 4 is 56.4 Å². The summed E-state index contributed by atoms with van der Waals surface area (Å²) in [6, 6.07) is 9.75. The molecule has 2 aliphatic heterocycles. The molecule has 2 saturated heterocycles. The molecule has 3 aliphatic rings. The van der Waals surface area contributed by atoms with Gasteiger partial charge in [0.05, 0.1) is 34.8 Å². The van der Waals surface area contributed by atoms with Gasteiger partial charge in [0, 0.05) is 47.9 Å². The number of thiophene rings is 1. The van der Waals surface area contributed by atoms with Crippen LogP contribution in [0, 0.1) is 11.7 Å². The largest absolute Gasteiger partial charge is 0.481 e. The number of carbonyl (C=O) groups is 3. The summed E-state index contributed by atoms with van der Waals surface area (Å²) in [6.45, 7) is 0.0872. The molecule has 0 bridgehead atoms. The molecule has 3 fully saturated rings. The lowest BCUT2D eigenvalue weighted by molar-refractivity contribution is -0.255. The van der Waals surface area contributed by atoms with Gasteiger partial charge < -0.3 is 15.2 Å². The van der Waals surface area contributed by atoms with Crippen molar-refractivity contribution in [2.24, 2.45) is 5.92 Å². The number of hydrogen-bond acceptors (Lipinski definition) is 7. The molecule has 246 valence electrons. The zero-order valence-corrected chi connectivity index (χ0v) is 26.6. The Morgan fingerprint density at radius 2 is 1.78 bits per heavy atom. The van der Waals surface area contributed by atoms with Crippen molar-refractivity contribution in [3.05, 3.63) is 63.7 Å². The van der Waals surface area contributed by atoms with Gasteiger partial charge in [0.2, 0.25) is 5.85 Å². The Balaban J connectivity index is 1.27. The summed E-state index contributed by atoms with van der Waals surface area (Å²) in [7, 11) is 0. The molecule has 3 aromatic rings. The number of carboxylic acid groups (broad SMARTS) is 1. The summed E-state index contributed by atoms with van der Waals surface area (Å²) in [4.78, 5) is 42.2. The van der Waals surface area contributed by atoms with E-state index in [0.29, 0.717) is 44.3 Å². The fraction of sp³-hybridized carbons (Fsp3) is 0.485. The highest BCUT2D eigenvalue weighted by molar-refractivity contribution is 7.17. The second kappa shape index (κ2) is 13.2. The second-order valence-corrected chi connectivity index (χ2v) is 13.7. The molecule has 1 saturated carbocycles. The van der Waals surface area contributed by atoms with E-state index in [4.69, 9.17) is 16.3 Å². The summed E-state index contributed by atoms with van der Waals surface area (Å²) < 4.78 is 52.5. The highest BCUT2D eigenvalue weighted by atomic mass is 35.5. The average Bonchev–Trinajstić information content (AvgIpc) is 3.79. The fourth-order valence-electron chi connectivity index (χ4n) is 6.89. The molecule has 1 amide bonds. The van der Waals surface area contributed by atoms with Crippen LogP contribution >= 0.6 is 22.9 Å². The normalized spacial score (nSPS) is 23.4. The van der Waals surface area contributed by atoms with Gasteiger partial charge in [-0.05, 0) is 62.3 Å². The highest BCUT2D eigenvalue weighted by Crippen LogP contribution is 2.41. The number of ketones is 1. The monoisotopic (exact) mass is 677 g/mol. The molecular weight excluding hydrogens is 643 g/mol. The van der Waals surface area contributed by atoms with E-state index in [9.17, 15) is 28.3 Å². The van der Waals surface area contributed by atoms with Crippen LogP contribution < -0.4 is 5.32 Å². The van der Waals surface area contributed by atoms with Crippen LogP contribution in [-0.4, -0.2) is 76.6 Å². The van der Waals surface area contributed by atoms with Crippen LogP contribution in [0.25, 0.3) is 10.1 Å². The van der Waals surface area contributed by atoms with Gasteiger partial charge in [-0.15, -0.1) is 11.3 Å². The summed E-state index contributed by atoms with van der Waals surface area (Å²) in [5.74, 6) is -8.16. The van der Waals surface area contributed by atoms with E-state index in [0.717, 1.165) is 29.0 Å². The molecule has 2 N–H and O–H groups in total. The lowest BCUT2D eigenvalue weighted by atomic mass is 9.87. The standard InChI is InChI=1S/C33H35ClF3N3O5S/c34-25-15-21(26(35)17-27(25)38-30(42)24-18-46-28-6-2-1-5-23(24)28)16-29(41)33(39-12-3-4-13-39,40-14-11-32(36,37)19-40)45-22-9-7-20(8-10-22)31(43)44/h1-2,5-6,15,17-18,20,22H,3-4,7-14,16,19H2,(H,38,42)(H,43,44)/t20-,22-,33?. The van der Waals surface area contributed by atoms with Gasteiger partial charge in [-0.1, -0.05) is 29.8 Å². The average molecular weight is 678 g/mol. The van der Waals surface area contributed by atoms with E-state index in [1.54, 1.807) is 10.3 Å². The van der Waals surface area contributed by atoms with Gasteiger partial charge in [-0.2, -0.15) is 0 Å². The van der Waals surface area contributed by atoms with E-state index in [1.807, 2.05) is 24.3 Å². The smallest absolute Gasteiger partial charge is 0.306 e. The van der Waals surface area contributed by atoms with Crippen LogP contribution in [0.3, 0.4) is 0 Å². The number of nitrogens with one attached hydrogen (secondary N) is 1. The van der Waals surface area contributed by atoms with Gasteiger partial charge >= 0.3 is 5.97 Å². The van der Waals surface area contributed by atoms with Crippen molar-refractivity contribution in [1.82, 2.24) is 9.80 Å². The van der Waals surface area contributed by atoms with Crippen LogP contribution in [0.5, 0.6) is 0 Å². The molecule has 0 radical (unpaired) electrons. The quantitative estimate of drug-likeness (QED) is 0.243. The Bertz CT molecular complexity index is 1640. The first kappa shape index (κ1) is 32.9. The zero-order valence-electron chi connectivity index (χ0n) is 25.1. The first-order chi connectivity index (χ1) is 22.0. The lowest BCUT2D eigenvalue weighted by Gasteiger charge is -2.48. The molecule has 1 aliphatic carbocycles. The van der Waals surface area contributed by atoms with E-state index in [-0.39, 0.29) is 22.8 Å². The van der Waals surface area contributed by atoms with Gasteiger partial charge in [0.25, 0.3) is 11.8 Å². The molecule has 2 aromatic carbocycles. The molecule has 1 aromatic heterocycles. The van der Waals surface area contributed by atoms with E-state index in [1.165, 1.54) is 22.3 Å². The van der Waals surface area contributed by atoms with Crippen molar-refractivity contribution in [1.29, 1.82) is 0 Å². The Morgan fingerprint density at radius 1 is 1.07 bits per heavy atom. The van der Waals surface area contributed by atoms with E-state index >= 15 is 4.39 Å². The maximum Gasteiger partial charge on any atom is 0.306 e. The molecule has 13 heteroatoms. The number of fused-ring (bicyclic) bond motifs is 1. The number of halogens is 4. The summed E-state index contributed by atoms with van der Waals surface area (Å²) in [6.07, 6.45) is 1.42. The molecule has 1 atom stereocenters. The minimum absolute atomic E-state index is 0.0180. The maximum absolute atomic E-state index is 15.7. The van der Waals surface area contributed by atoms with Crippen LogP contribution in [-0.2, 0) is 20.7 Å². The van der Waals surface area contributed by atoms with E-state index in [2.05, 4.69) is 5.32 Å².